The number of carbonyl (C=O) groups excluding carboxylic acids is 1. The second-order valence-corrected chi connectivity index (χ2v) is 3.49. The van der Waals surface area contributed by atoms with E-state index in [4.69, 9.17) is 5.11 Å². The maximum Gasteiger partial charge on any atom is 0.573 e. The first-order valence-electron chi connectivity index (χ1n) is 5.06. The maximum atomic E-state index is 12.1. The van der Waals surface area contributed by atoms with Crippen molar-refractivity contribution in [1.82, 2.24) is 4.90 Å². The number of alkyl halides is 3. The zero-order chi connectivity index (χ0) is 13.8. The molecule has 0 aliphatic rings. The Labute approximate surface area is 102 Å². The number of amides is 1. The molecule has 0 aliphatic heterocycles. The van der Waals surface area contributed by atoms with Crippen molar-refractivity contribution in [3.8, 4) is 5.75 Å². The number of hydrogen-bond acceptors (Lipinski definition) is 3. The minimum absolute atomic E-state index is 0.0270. The van der Waals surface area contributed by atoms with Crippen LogP contribution in [0.5, 0.6) is 5.75 Å². The molecule has 0 atom stereocenters. The highest BCUT2D eigenvalue weighted by molar-refractivity contribution is 5.96. The van der Waals surface area contributed by atoms with Crippen molar-refractivity contribution >= 4 is 5.91 Å². The molecule has 1 aromatic rings. The maximum absolute atomic E-state index is 12.1. The van der Waals surface area contributed by atoms with Crippen LogP contribution in [0.1, 0.15) is 10.4 Å². The van der Waals surface area contributed by atoms with Gasteiger partial charge in [0, 0.05) is 13.6 Å². The Bertz CT molecular complexity index is 420. The van der Waals surface area contributed by atoms with Gasteiger partial charge in [0.1, 0.15) is 5.75 Å². The van der Waals surface area contributed by atoms with Gasteiger partial charge in [-0.25, -0.2) is 0 Å². The van der Waals surface area contributed by atoms with Crippen molar-refractivity contribution in [2.45, 2.75) is 6.36 Å². The van der Waals surface area contributed by atoms with Gasteiger partial charge in [0.25, 0.3) is 5.91 Å². The van der Waals surface area contributed by atoms with Crippen LogP contribution in [0, 0.1) is 0 Å². The minimum Gasteiger partial charge on any atom is -0.405 e. The van der Waals surface area contributed by atoms with Gasteiger partial charge in [-0.05, 0) is 12.1 Å². The van der Waals surface area contributed by atoms with Crippen molar-refractivity contribution in [3.05, 3.63) is 29.8 Å². The van der Waals surface area contributed by atoms with E-state index in [1.165, 1.54) is 25.2 Å². The predicted molar refractivity (Wildman–Crippen MR) is 57.2 cm³/mol. The number of halogens is 3. The molecule has 0 spiro atoms. The predicted octanol–water partition coefficient (Wildman–Crippen LogP) is 1.65. The molecule has 0 saturated heterocycles. The zero-order valence-electron chi connectivity index (χ0n) is 9.57. The summed E-state index contributed by atoms with van der Waals surface area (Å²) in [6, 6.07) is 5.07. The summed E-state index contributed by atoms with van der Waals surface area (Å²) in [6.07, 6.45) is -4.86. The third-order valence-electron chi connectivity index (χ3n) is 2.13. The summed E-state index contributed by atoms with van der Waals surface area (Å²) in [5.41, 5.74) is -0.203. The van der Waals surface area contributed by atoms with Gasteiger partial charge < -0.3 is 14.7 Å². The van der Waals surface area contributed by atoms with Gasteiger partial charge in [-0.3, -0.25) is 4.79 Å². The second kappa shape index (κ2) is 5.72. The van der Waals surface area contributed by atoms with E-state index in [-0.39, 0.29) is 18.7 Å². The molecule has 0 heterocycles. The SMILES string of the molecule is CN(CCO)C(=O)c1ccccc1OC(F)(F)F. The van der Waals surface area contributed by atoms with Gasteiger partial charge >= 0.3 is 6.36 Å². The van der Waals surface area contributed by atoms with Crippen molar-refractivity contribution in [2.24, 2.45) is 0 Å². The van der Waals surface area contributed by atoms with E-state index in [1.807, 2.05) is 0 Å². The van der Waals surface area contributed by atoms with Crippen molar-refractivity contribution < 1.29 is 27.8 Å². The molecule has 0 aromatic heterocycles. The van der Waals surface area contributed by atoms with Crippen LogP contribution >= 0.6 is 0 Å². The number of para-hydroxylation sites is 1. The standard InChI is InChI=1S/C11H12F3NO3/c1-15(6-7-16)10(17)8-4-2-3-5-9(8)18-11(12,13)14/h2-5,16H,6-7H2,1H3. The summed E-state index contributed by atoms with van der Waals surface area (Å²) >= 11 is 0. The Morgan fingerprint density at radius 2 is 2.00 bits per heavy atom. The Balaban J connectivity index is 2.98. The minimum atomic E-state index is -4.86. The number of rotatable bonds is 4. The van der Waals surface area contributed by atoms with Crippen LogP contribution in [0.3, 0.4) is 0 Å². The highest BCUT2D eigenvalue weighted by Crippen LogP contribution is 2.26. The van der Waals surface area contributed by atoms with Crippen LogP contribution < -0.4 is 4.74 Å². The summed E-state index contributed by atoms with van der Waals surface area (Å²) in [6.45, 7) is -0.246. The van der Waals surface area contributed by atoms with Crippen molar-refractivity contribution in [1.29, 1.82) is 0 Å². The Morgan fingerprint density at radius 1 is 1.39 bits per heavy atom. The smallest absolute Gasteiger partial charge is 0.405 e. The summed E-state index contributed by atoms with van der Waals surface area (Å²) in [7, 11) is 1.38. The lowest BCUT2D eigenvalue weighted by Crippen LogP contribution is -2.30. The third kappa shape index (κ3) is 3.92. The van der Waals surface area contributed by atoms with E-state index in [1.54, 1.807) is 0 Å². The van der Waals surface area contributed by atoms with Crippen LogP contribution in [-0.4, -0.2) is 42.5 Å². The molecule has 100 valence electrons. The number of nitrogens with zero attached hydrogens (tertiary/aromatic N) is 1. The molecular formula is C11H12F3NO3. The first-order chi connectivity index (χ1) is 8.35. The second-order valence-electron chi connectivity index (χ2n) is 3.49. The van der Waals surface area contributed by atoms with E-state index < -0.39 is 18.0 Å². The molecule has 0 fully saturated rings. The van der Waals surface area contributed by atoms with Gasteiger partial charge in [0.05, 0.1) is 12.2 Å². The monoisotopic (exact) mass is 263 g/mol. The number of aliphatic hydroxyl groups is 1. The third-order valence-corrected chi connectivity index (χ3v) is 2.13. The zero-order valence-corrected chi connectivity index (χ0v) is 9.57. The van der Waals surface area contributed by atoms with E-state index in [9.17, 15) is 18.0 Å². The fourth-order valence-electron chi connectivity index (χ4n) is 1.31. The molecular weight excluding hydrogens is 251 g/mol. The number of aliphatic hydroxyl groups excluding tert-OH is 1. The Kier molecular flexibility index (Phi) is 4.55. The number of ether oxygens (including phenoxy) is 1. The summed E-state index contributed by atoms with van der Waals surface area (Å²) in [5.74, 6) is -1.20. The van der Waals surface area contributed by atoms with E-state index in [2.05, 4.69) is 4.74 Å². The van der Waals surface area contributed by atoms with Crippen LogP contribution in [0.2, 0.25) is 0 Å². The molecule has 0 aliphatic carbocycles. The van der Waals surface area contributed by atoms with Crippen LogP contribution in [0.25, 0.3) is 0 Å². The quantitative estimate of drug-likeness (QED) is 0.898. The molecule has 0 saturated carbocycles. The molecule has 0 bridgehead atoms. The van der Waals surface area contributed by atoms with E-state index >= 15 is 0 Å². The van der Waals surface area contributed by atoms with Crippen molar-refractivity contribution in [3.63, 3.8) is 0 Å². The molecule has 0 radical (unpaired) electrons. The highest BCUT2D eigenvalue weighted by Gasteiger charge is 2.33. The van der Waals surface area contributed by atoms with Crippen molar-refractivity contribution in [2.75, 3.05) is 20.2 Å². The van der Waals surface area contributed by atoms with Crippen LogP contribution in [0.4, 0.5) is 13.2 Å². The van der Waals surface area contributed by atoms with Gasteiger partial charge in [-0.2, -0.15) is 0 Å². The lowest BCUT2D eigenvalue weighted by atomic mass is 10.2. The van der Waals surface area contributed by atoms with Gasteiger partial charge in [-0.1, -0.05) is 12.1 Å². The summed E-state index contributed by atoms with van der Waals surface area (Å²) < 4.78 is 40.2. The Hall–Kier alpha value is -1.76. The van der Waals surface area contributed by atoms with Crippen LogP contribution in [-0.2, 0) is 0 Å². The number of benzene rings is 1. The average molecular weight is 263 g/mol. The first-order valence-corrected chi connectivity index (χ1v) is 5.06. The Morgan fingerprint density at radius 3 is 2.56 bits per heavy atom. The number of hydrogen-bond donors (Lipinski definition) is 1. The molecule has 1 aromatic carbocycles. The molecule has 0 unspecified atom stereocenters. The fourth-order valence-corrected chi connectivity index (χ4v) is 1.31. The largest absolute Gasteiger partial charge is 0.573 e. The summed E-state index contributed by atoms with van der Waals surface area (Å²) in [4.78, 5) is 12.9. The lowest BCUT2D eigenvalue weighted by molar-refractivity contribution is -0.274. The van der Waals surface area contributed by atoms with Gasteiger partial charge in [0.15, 0.2) is 0 Å². The molecule has 1 rings (SSSR count). The van der Waals surface area contributed by atoms with Gasteiger partial charge in [0.2, 0.25) is 0 Å². The topological polar surface area (TPSA) is 49.8 Å². The molecule has 18 heavy (non-hydrogen) atoms. The molecule has 1 N–H and O–H groups in total. The number of carbonyl (C=O) groups is 1. The first kappa shape index (κ1) is 14.3. The van der Waals surface area contributed by atoms with Gasteiger partial charge in [-0.15, -0.1) is 13.2 Å². The number of likely N-dealkylation sites (N-methyl/N-ethyl adjacent to an activating group) is 1. The molecule has 1 amide bonds. The van der Waals surface area contributed by atoms with E-state index in [0.29, 0.717) is 0 Å². The normalized spacial score (nSPS) is 11.2. The fraction of sp³-hybridized carbons (Fsp3) is 0.364. The average Bonchev–Trinajstić information content (AvgIpc) is 2.27. The lowest BCUT2D eigenvalue weighted by Gasteiger charge is -2.18. The molecule has 4 nitrogen and oxygen atoms in total. The summed E-state index contributed by atoms with van der Waals surface area (Å²) in [5, 5.41) is 8.68. The highest BCUT2D eigenvalue weighted by atomic mass is 19.4. The van der Waals surface area contributed by atoms with E-state index in [0.717, 1.165) is 11.0 Å². The molecule has 7 heteroatoms. The van der Waals surface area contributed by atoms with Crippen LogP contribution in [0.15, 0.2) is 24.3 Å².